The monoisotopic (exact) mass is 507 g/mol. The van der Waals surface area contributed by atoms with E-state index in [1.54, 1.807) is 26.2 Å². The van der Waals surface area contributed by atoms with Crippen molar-refractivity contribution in [2.75, 3.05) is 25.6 Å². The summed E-state index contributed by atoms with van der Waals surface area (Å²) in [5.74, 6) is 0.219. The van der Waals surface area contributed by atoms with Gasteiger partial charge < -0.3 is 25.4 Å². The summed E-state index contributed by atoms with van der Waals surface area (Å²) >= 11 is 2.23. The summed E-state index contributed by atoms with van der Waals surface area (Å²) < 4.78 is 11.6. The van der Waals surface area contributed by atoms with E-state index < -0.39 is 12.0 Å². The molecule has 152 valence electrons. The lowest BCUT2D eigenvalue weighted by Crippen LogP contribution is -2.47. The summed E-state index contributed by atoms with van der Waals surface area (Å²) in [7, 11) is 1.58. The Balaban J connectivity index is 1.94. The fraction of sp³-hybridized carbons (Fsp3) is 0.238. The molecule has 1 atom stereocenters. The van der Waals surface area contributed by atoms with Crippen LogP contribution in [-0.4, -0.2) is 32.3 Å². The van der Waals surface area contributed by atoms with E-state index in [9.17, 15) is 9.59 Å². The maximum atomic E-state index is 12.8. The largest absolute Gasteiger partial charge is 0.497 e. The van der Waals surface area contributed by atoms with Gasteiger partial charge in [-0.25, -0.2) is 9.59 Å². The Morgan fingerprint density at radius 3 is 2.45 bits per heavy atom. The van der Waals surface area contributed by atoms with Gasteiger partial charge in [-0.3, -0.25) is 0 Å². The van der Waals surface area contributed by atoms with Crippen molar-refractivity contribution >= 4 is 40.3 Å². The summed E-state index contributed by atoms with van der Waals surface area (Å²) in [6.45, 7) is 2.26. The number of nitrogens with one attached hydrogen (secondary N) is 3. The number of halogens is 1. The highest BCUT2D eigenvalue weighted by molar-refractivity contribution is 14.1. The molecule has 7 nitrogen and oxygen atoms in total. The molecule has 8 heteroatoms. The number of amides is 2. The lowest BCUT2D eigenvalue weighted by Gasteiger charge is -2.29. The second kappa shape index (κ2) is 9.64. The highest BCUT2D eigenvalue weighted by Gasteiger charge is 2.33. The minimum atomic E-state index is -0.623. The number of rotatable bonds is 7. The van der Waals surface area contributed by atoms with Crippen molar-refractivity contribution in [2.45, 2.75) is 13.0 Å². The third-order valence-corrected chi connectivity index (χ3v) is 5.13. The molecule has 1 heterocycles. The van der Waals surface area contributed by atoms with Gasteiger partial charge in [-0.1, -0.05) is 12.1 Å². The van der Waals surface area contributed by atoms with Crippen LogP contribution in [0.2, 0.25) is 0 Å². The van der Waals surface area contributed by atoms with Crippen molar-refractivity contribution in [2.24, 2.45) is 0 Å². The Kier molecular flexibility index (Phi) is 6.97. The Morgan fingerprint density at radius 2 is 1.83 bits per heavy atom. The molecule has 0 fully saturated rings. The van der Waals surface area contributed by atoms with Crippen LogP contribution in [0, 0.1) is 3.57 Å². The van der Waals surface area contributed by atoms with Crippen molar-refractivity contribution in [1.29, 1.82) is 0 Å². The third-order valence-electron chi connectivity index (χ3n) is 4.41. The van der Waals surface area contributed by atoms with Gasteiger partial charge in [-0.05, 0) is 71.5 Å². The number of ether oxygens (including phenoxy) is 2. The number of methoxy groups -OCH3 is 1. The van der Waals surface area contributed by atoms with Crippen LogP contribution in [0.15, 0.2) is 59.8 Å². The first kappa shape index (κ1) is 21.0. The third kappa shape index (κ3) is 5.20. The maximum absolute atomic E-state index is 12.8. The number of urea groups is 1. The van der Waals surface area contributed by atoms with Gasteiger partial charge in [0.15, 0.2) is 0 Å². The molecule has 2 aromatic carbocycles. The average Bonchev–Trinajstić information content (AvgIpc) is 2.73. The summed E-state index contributed by atoms with van der Waals surface area (Å²) in [6, 6.07) is 14.0. The average molecular weight is 507 g/mol. The zero-order valence-electron chi connectivity index (χ0n) is 16.1. The zero-order chi connectivity index (χ0) is 20.8. The number of hydrogen-bond donors (Lipinski definition) is 3. The van der Waals surface area contributed by atoms with E-state index in [4.69, 9.17) is 9.47 Å². The van der Waals surface area contributed by atoms with Gasteiger partial charge in [0, 0.05) is 9.26 Å². The number of esters is 1. The molecule has 0 aliphatic carbocycles. The normalized spacial score (nSPS) is 16.0. The number of hydrogen-bond acceptors (Lipinski definition) is 5. The first-order chi connectivity index (χ1) is 14.0. The lowest BCUT2D eigenvalue weighted by molar-refractivity contribution is -0.139. The van der Waals surface area contributed by atoms with E-state index in [-0.39, 0.29) is 19.2 Å². The number of anilines is 1. The van der Waals surface area contributed by atoms with Gasteiger partial charge in [-0.15, -0.1) is 0 Å². The minimum Gasteiger partial charge on any atom is -0.497 e. The van der Waals surface area contributed by atoms with Crippen LogP contribution in [0.4, 0.5) is 10.5 Å². The molecule has 2 aromatic rings. The van der Waals surface area contributed by atoms with Crippen LogP contribution in [0.3, 0.4) is 0 Å². The molecule has 0 bridgehead atoms. The maximum Gasteiger partial charge on any atom is 0.338 e. The number of carbonyl (C=O) groups is 2. The number of carbonyl (C=O) groups excluding carboxylic acids is 2. The van der Waals surface area contributed by atoms with E-state index in [0.29, 0.717) is 17.0 Å². The smallest absolute Gasteiger partial charge is 0.338 e. The molecule has 0 unspecified atom stereocenters. The predicted molar refractivity (Wildman–Crippen MR) is 119 cm³/mol. The fourth-order valence-electron chi connectivity index (χ4n) is 3.01. The van der Waals surface area contributed by atoms with Gasteiger partial charge in [0.05, 0.1) is 37.6 Å². The SMILES string of the molecule is CCOC(=O)C1=C(CNc2ccc(I)cc2)NC(=O)N[C@H]1c1ccc(OC)cc1. The van der Waals surface area contributed by atoms with E-state index >= 15 is 0 Å². The molecule has 3 rings (SSSR count). The quantitative estimate of drug-likeness (QED) is 0.394. The van der Waals surface area contributed by atoms with Gasteiger partial charge in [-0.2, -0.15) is 0 Å². The van der Waals surface area contributed by atoms with E-state index in [0.717, 1.165) is 14.8 Å². The molecule has 3 N–H and O–H groups in total. The molecule has 0 aromatic heterocycles. The van der Waals surface area contributed by atoms with Crippen molar-refractivity contribution in [1.82, 2.24) is 10.6 Å². The van der Waals surface area contributed by atoms with Gasteiger partial charge in [0.2, 0.25) is 0 Å². The van der Waals surface area contributed by atoms with E-state index in [1.165, 1.54) is 0 Å². The fourth-order valence-corrected chi connectivity index (χ4v) is 3.37. The van der Waals surface area contributed by atoms with Crippen LogP contribution in [0.1, 0.15) is 18.5 Å². The van der Waals surface area contributed by atoms with Crippen molar-refractivity contribution in [3.8, 4) is 5.75 Å². The van der Waals surface area contributed by atoms with Gasteiger partial charge >= 0.3 is 12.0 Å². The zero-order valence-corrected chi connectivity index (χ0v) is 18.3. The predicted octanol–water partition coefficient (Wildman–Crippen LogP) is 3.58. The standard InChI is InChI=1S/C21H22IN3O4/c1-3-29-20(26)18-17(12-23-15-8-6-14(22)7-9-15)24-21(27)25-19(18)13-4-10-16(28-2)11-5-13/h4-11,19,23H,3,12H2,1-2H3,(H2,24,25,27)/t19-/m0/s1. The second-order valence-electron chi connectivity index (χ2n) is 6.28. The molecule has 0 saturated carbocycles. The molecule has 0 saturated heterocycles. The second-order valence-corrected chi connectivity index (χ2v) is 7.52. The molecule has 1 aliphatic rings. The van der Waals surface area contributed by atoms with Gasteiger partial charge in [0.1, 0.15) is 5.75 Å². The first-order valence-corrected chi connectivity index (χ1v) is 10.2. The Morgan fingerprint density at radius 1 is 1.14 bits per heavy atom. The summed E-state index contributed by atoms with van der Waals surface area (Å²) in [4.78, 5) is 25.1. The highest BCUT2D eigenvalue weighted by atomic mass is 127. The Bertz CT molecular complexity index is 911. The lowest BCUT2D eigenvalue weighted by atomic mass is 9.95. The highest BCUT2D eigenvalue weighted by Crippen LogP contribution is 2.29. The molecule has 0 spiro atoms. The summed E-state index contributed by atoms with van der Waals surface area (Å²) in [5.41, 5.74) is 2.49. The Hall–Kier alpha value is -2.75. The molecule has 2 amide bonds. The molecule has 1 aliphatic heterocycles. The van der Waals surface area contributed by atoms with Crippen LogP contribution in [-0.2, 0) is 9.53 Å². The van der Waals surface area contributed by atoms with E-state index in [1.807, 2.05) is 36.4 Å². The van der Waals surface area contributed by atoms with Crippen LogP contribution >= 0.6 is 22.6 Å². The van der Waals surface area contributed by atoms with Crippen molar-refractivity contribution in [3.63, 3.8) is 0 Å². The first-order valence-electron chi connectivity index (χ1n) is 9.13. The van der Waals surface area contributed by atoms with Crippen LogP contribution in [0.25, 0.3) is 0 Å². The molecular weight excluding hydrogens is 485 g/mol. The Labute approximate surface area is 183 Å². The van der Waals surface area contributed by atoms with Crippen LogP contribution in [0.5, 0.6) is 5.75 Å². The number of benzene rings is 2. The van der Waals surface area contributed by atoms with Crippen LogP contribution < -0.4 is 20.7 Å². The van der Waals surface area contributed by atoms with E-state index in [2.05, 4.69) is 38.5 Å². The summed E-state index contributed by atoms with van der Waals surface area (Å²) in [6.07, 6.45) is 0. The molecule has 29 heavy (non-hydrogen) atoms. The van der Waals surface area contributed by atoms with Crippen molar-refractivity contribution in [3.05, 3.63) is 68.9 Å². The van der Waals surface area contributed by atoms with Crippen molar-refractivity contribution < 1.29 is 19.1 Å². The topological polar surface area (TPSA) is 88.7 Å². The molecular formula is C21H22IN3O4. The molecule has 0 radical (unpaired) electrons. The minimum absolute atomic E-state index is 0.240. The summed E-state index contributed by atoms with van der Waals surface area (Å²) in [5, 5.41) is 8.81. The van der Waals surface area contributed by atoms with Gasteiger partial charge in [0.25, 0.3) is 0 Å².